The molecule has 3 nitrogen and oxygen atoms in total. The minimum absolute atomic E-state index is 0.338. The van der Waals surface area contributed by atoms with Gasteiger partial charge in [-0.05, 0) is 47.4 Å². The fourth-order valence-electron chi connectivity index (χ4n) is 1.93. The number of fused-ring (bicyclic) bond motifs is 1. The fourth-order valence-corrected chi connectivity index (χ4v) is 2.51. The van der Waals surface area contributed by atoms with E-state index in [1.54, 1.807) is 0 Å². The third-order valence-corrected chi connectivity index (χ3v) is 3.25. The molecule has 1 fully saturated rings. The number of nitrogens with zero attached hydrogens (tertiary/aromatic N) is 2. The summed E-state index contributed by atoms with van der Waals surface area (Å²) in [7, 11) is 0. The van der Waals surface area contributed by atoms with Crippen LogP contribution in [-0.4, -0.2) is 16.4 Å². The lowest BCUT2D eigenvalue weighted by Crippen LogP contribution is -2.23. The summed E-state index contributed by atoms with van der Waals surface area (Å²) >= 11 is 2.27. The molecule has 1 aromatic rings. The summed E-state index contributed by atoms with van der Waals surface area (Å²) in [6.07, 6.45) is 2.99. The van der Waals surface area contributed by atoms with Gasteiger partial charge in [0.05, 0.1) is 18.8 Å². The fraction of sp³-hybridized carbons (Fsp3) is 0.667. The molecule has 3 rings (SSSR count). The van der Waals surface area contributed by atoms with Crippen molar-refractivity contribution in [2.24, 2.45) is 5.92 Å². The Hall–Kier alpha value is -0.100. The van der Waals surface area contributed by atoms with Crippen molar-refractivity contribution in [1.29, 1.82) is 0 Å². The Morgan fingerprint density at radius 1 is 1.54 bits per heavy atom. The molecule has 1 aliphatic heterocycles. The maximum Gasteiger partial charge on any atom is 0.123 e. The highest BCUT2D eigenvalue weighted by molar-refractivity contribution is 14.1. The Labute approximate surface area is 90.6 Å². The molecule has 1 aromatic heterocycles. The molecule has 70 valence electrons. The van der Waals surface area contributed by atoms with Gasteiger partial charge in [0.1, 0.15) is 9.80 Å². The van der Waals surface area contributed by atoms with Crippen molar-refractivity contribution in [3.63, 3.8) is 0 Å². The molecular formula is C9H11IN2O. The van der Waals surface area contributed by atoms with Crippen LogP contribution in [0.15, 0.2) is 6.07 Å². The summed E-state index contributed by atoms with van der Waals surface area (Å²) in [6, 6.07) is 2.16. The van der Waals surface area contributed by atoms with E-state index in [0.29, 0.717) is 6.10 Å². The van der Waals surface area contributed by atoms with E-state index < -0.39 is 0 Å². The minimum atomic E-state index is 0.338. The molecule has 1 saturated carbocycles. The quantitative estimate of drug-likeness (QED) is 0.739. The van der Waals surface area contributed by atoms with Crippen LogP contribution in [0.4, 0.5) is 0 Å². The Bertz CT molecular complexity index is 332. The van der Waals surface area contributed by atoms with E-state index in [1.807, 2.05) is 0 Å². The van der Waals surface area contributed by atoms with E-state index in [4.69, 9.17) is 4.74 Å². The van der Waals surface area contributed by atoms with Crippen LogP contribution in [-0.2, 0) is 11.3 Å². The molecular weight excluding hydrogens is 279 g/mol. The molecule has 1 atom stereocenters. The molecule has 4 heteroatoms. The molecule has 1 unspecified atom stereocenters. The van der Waals surface area contributed by atoms with Crippen LogP contribution in [0.1, 0.15) is 24.6 Å². The second kappa shape index (κ2) is 2.95. The van der Waals surface area contributed by atoms with Crippen LogP contribution in [0.3, 0.4) is 0 Å². The standard InChI is InChI=1S/C9H11IN2O/c10-8-5-7-9(6-1-2-6)13-4-3-12(7)11-8/h5-6,9H,1-4H2. The maximum atomic E-state index is 5.78. The third kappa shape index (κ3) is 1.40. The molecule has 13 heavy (non-hydrogen) atoms. The number of rotatable bonds is 1. The topological polar surface area (TPSA) is 27.1 Å². The van der Waals surface area contributed by atoms with Gasteiger partial charge >= 0.3 is 0 Å². The zero-order valence-corrected chi connectivity index (χ0v) is 9.40. The molecule has 1 aliphatic carbocycles. The van der Waals surface area contributed by atoms with E-state index in [1.165, 1.54) is 18.5 Å². The smallest absolute Gasteiger partial charge is 0.123 e. The molecule has 2 aliphatic rings. The van der Waals surface area contributed by atoms with Gasteiger partial charge in [-0.25, -0.2) is 0 Å². The molecule has 0 bridgehead atoms. The average Bonchev–Trinajstić information content (AvgIpc) is 2.86. The van der Waals surface area contributed by atoms with Crippen LogP contribution in [0.2, 0.25) is 0 Å². The lowest BCUT2D eigenvalue weighted by atomic mass is 10.1. The van der Waals surface area contributed by atoms with Crippen LogP contribution in [0.5, 0.6) is 0 Å². The van der Waals surface area contributed by atoms with E-state index in [-0.39, 0.29) is 0 Å². The van der Waals surface area contributed by atoms with Crippen molar-refractivity contribution in [1.82, 2.24) is 9.78 Å². The first-order valence-electron chi connectivity index (χ1n) is 4.69. The third-order valence-electron chi connectivity index (χ3n) is 2.72. The first-order chi connectivity index (χ1) is 6.34. The lowest BCUT2D eigenvalue weighted by molar-refractivity contribution is 0.00278. The monoisotopic (exact) mass is 290 g/mol. The van der Waals surface area contributed by atoms with Gasteiger partial charge in [-0.2, -0.15) is 5.10 Å². The number of ether oxygens (including phenoxy) is 1. The van der Waals surface area contributed by atoms with E-state index >= 15 is 0 Å². The summed E-state index contributed by atoms with van der Waals surface area (Å²) < 4.78 is 8.97. The first kappa shape index (κ1) is 8.23. The second-order valence-electron chi connectivity index (χ2n) is 3.74. The molecule has 0 saturated heterocycles. The summed E-state index contributed by atoms with van der Waals surface area (Å²) in [5, 5.41) is 4.43. The van der Waals surface area contributed by atoms with E-state index in [9.17, 15) is 0 Å². The van der Waals surface area contributed by atoms with Crippen molar-refractivity contribution >= 4 is 22.6 Å². The second-order valence-corrected chi connectivity index (χ2v) is 4.85. The van der Waals surface area contributed by atoms with Gasteiger partial charge in [0, 0.05) is 0 Å². The normalized spacial score (nSPS) is 27.3. The first-order valence-corrected chi connectivity index (χ1v) is 5.77. The molecule has 0 radical (unpaired) electrons. The van der Waals surface area contributed by atoms with Gasteiger partial charge < -0.3 is 4.74 Å². The lowest BCUT2D eigenvalue weighted by Gasteiger charge is -2.23. The molecule has 0 N–H and O–H groups in total. The molecule has 0 spiro atoms. The van der Waals surface area contributed by atoms with Crippen LogP contribution in [0.25, 0.3) is 0 Å². The Morgan fingerprint density at radius 2 is 2.38 bits per heavy atom. The van der Waals surface area contributed by atoms with Gasteiger partial charge in [-0.15, -0.1) is 0 Å². The van der Waals surface area contributed by atoms with Crippen molar-refractivity contribution in [3.05, 3.63) is 15.5 Å². The molecule has 2 heterocycles. The summed E-state index contributed by atoms with van der Waals surface area (Å²) in [4.78, 5) is 0. The van der Waals surface area contributed by atoms with Gasteiger partial charge in [0.25, 0.3) is 0 Å². The SMILES string of the molecule is Ic1cc2n(n1)CCOC2C1CC1. The number of hydrogen-bond acceptors (Lipinski definition) is 2. The van der Waals surface area contributed by atoms with Gasteiger partial charge in [0.2, 0.25) is 0 Å². The highest BCUT2D eigenvalue weighted by Crippen LogP contribution is 2.44. The summed E-state index contributed by atoms with van der Waals surface area (Å²) in [6.45, 7) is 1.74. The van der Waals surface area contributed by atoms with Crippen molar-refractivity contribution in [2.75, 3.05) is 6.61 Å². The Kier molecular flexibility index (Phi) is 1.87. The van der Waals surface area contributed by atoms with Gasteiger partial charge in [-0.3, -0.25) is 4.68 Å². The van der Waals surface area contributed by atoms with Crippen molar-refractivity contribution in [2.45, 2.75) is 25.5 Å². The predicted octanol–water partition coefficient (Wildman–Crippen LogP) is 1.97. The van der Waals surface area contributed by atoms with E-state index in [2.05, 4.69) is 38.4 Å². The Balaban J connectivity index is 1.99. The number of hydrogen-bond donors (Lipinski definition) is 0. The van der Waals surface area contributed by atoms with Crippen LogP contribution in [0, 0.1) is 9.62 Å². The van der Waals surface area contributed by atoms with Crippen molar-refractivity contribution in [3.8, 4) is 0 Å². The highest BCUT2D eigenvalue weighted by Gasteiger charge is 2.37. The zero-order chi connectivity index (χ0) is 8.84. The summed E-state index contributed by atoms with van der Waals surface area (Å²) in [5.74, 6) is 0.770. The molecule has 0 aromatic carbocycles. The minimum Gasteiger partial charge on any atom is -0.370 e. The average molecular weight is 290 g/mol. The molecule has 0 amide bonds. The zero-order valence-electron chi connectivity index (χ0n) is 7.24. The number of halogens is 1. The van der Waals surface area contributed by atoms with Crippen LogP contribution < -0.4 is 0 Å². The number of aromatic nitrogens is 2. The Morgan fingerprint density at radius 3 is 3.15 bits per heavy atom. The summed E-state index contributed by atoms with van der Waals surface area (Å²) in [5.41, 5.74) is 1.29. The largest absolute Gasteiger partial charge is 0.370 e. The van der Waals surface area contributed by atoms with Gasteiger partial charge in [-0.1, -0.05) is 0 Å². The highest BCUT2D eigenvalue weighted by atomic mass is 127. The maximum absolute atomic E-state index is 5.78. The van der Waals surface area contributed by atoms with Crippen LogP contribution >= 0.6 is 22.6 Å². The predicted molar refractivity (Wildman–Crippen MR) is 56.4 cm³/mol. The van der Waals surface area contributed by atoms with Crippen molar-refractivity contribution < 1.29 is 4.74 Å². The van der Waals surface area contributed by atoms with E-state index in [0.717, 1.165) is 22.8 Å². The van der Waals surface area contributed by atoms with Gasteiger partial charge in [0.15, 0.2) is 0 Å².